The van der Waals surface area contributed by atoms with Gasteiger partial charge >= 0.3 is 0 Å². The van der Waals surface area contributed by atoms with Crippen molar-refractivity contribution in [3.8, 4) is 0 Å². The summed E-state index contributed by atoms with van der Waals surface area (Å²) in [7, 11) is -0.804. The van der Waals surface area contributed by atoms with E-state index in [1.54, 1.807) is 0 Å². The molecule has 1 radical (unpaired) electrons. The van der Waals surface area contributed by atoms with Gasteiger partial charge in [-0.1, -0.05) is 0 Å². The minimum absolute atomic E-state index is 0.995. The van der Waals surface area contributed by atoms with Crippen molar-refractivity contribution in [1.82, 2.24) is 5.32 Å². The van der Waals surface area contributed by atoms with Crippen LogP contribution >= 0.6 is 0 Å². The van der Waals surface area contributed by atoms with Crippen LogP contribution in [0.4, 0.5) is 0 Å². The van der Waals surface area contributed by atoms with Crippen molar-refractivity contribution in [2.75, 3.05) is 7.05 Å². The van der Waals surface area contributed by atoms with Gasteiger partial charge < -0.3 is 5.32 Å². The molecule has 0 aromatic carbocycles. The van der Waals surface area contributed by atoms with Gasteiger partial charge in [0.2, 0.25) is 0 Å². The topological polar surface area (TPSA) is 46.2 Å². The Hall–Kier alpha value is -0.0900. The molecule has 37 valence electrons. The van der Waals surface area contributed by atoms with Gasteiger partial charge in [-0.2, -0.15) is 0 Å². The molecule has 0 unspecified atom stereocenters. The monoisotopic (exact) mass is 108 g/mol. The zero-order chi connectivity index (χ0) is 4.99. The number of nitrogens with one attached hydrogen (secondary N) is 1. The van der Waals surface area contributed by atoms with Crippen LogP contribution in [0.15, 0.2) is 0 Å². The second-order valence-corrected chi connectivity index (χ2v) is 1.53. The van der Waals surface area contributed by atoms with Crippen LogP contribution in [-0.2, 0) is 10.7 Å². The summed E-state index contributed by atoms with van der Waals surface area (Å²) in [5, 5.41) is 2.35. The quantitative estimate of drug-likeness (QED) is 0.443. The van der Waals surface area contributed by atoms with Crippen molar-refractivity contribution >= 4 is 10.7 Å². The first-order valence-electron chi connectivity index (χ1n) is 1.41. The Morgan fingerprint density at radius 3 is 2.17 bits per heavy atom. The molecule has 0 bridgehead atoms. The summed E-state index contributed by atoms with van der Waals surface area (Å²) in [6, 6.07) is 0. The lowest BCUT2D eigenvalue weighted by Gasteiger charge is -1.77. The third-order valence-electron chi connectivity index (χ3n) is 0.235. The van der Waals surface area contributed by atoms with Gasteiger partial charge in [-0.3, -0.25) is 0 Å². The lowest BCUT2D eigenvalue weighted by Crippen LogP contribution is -2.00. The normalized spacial score (nSPS) is 9.67. The van der Waals surface area contributed by atoms with Crippen LogP contribution in [0.3, 0.4) is 0 Å². The van der Waals surface area contributed by atoms with E-state index in [0.717, 1.165) is 5.88 Å². The van der Waals surface area contributed by atoms with E-state index in [4.69, 9.17) is 0 Å². The summed E-state index contributed by atoms with van der Waals surface area (Å²) >= 11 is 0. The Kier molecular flexibility index (Phi) is 3.07. The SMILES string of the molecule is CN[CH][SH](=O)=O. The maximum Gasteiger partial charge on any atom is 0.158 e. The van der Waals surface area contributed by atoms with Crippen LogP contribution in [-0.4, -0.2) is 15.5 Å². The maximum atomic E-state index is 9.52. The minimum Gasteiger partial charge on any atom is -0.302 e. The largest absolute Gasteiger partial charge is 0.302 e. The molecular formula is C2H6NO2S. The first-order valence-corrected chi connectivity index (χ1v) is 2.66. The highest BCUT2D eigenvalue weighted by molar-refractivity contribution is 7.74. The van der Waals surface area contributed by atoms with Crippen molar-refractivity contribution in [3.05, 3.63) is 5.88 Å². The van der Waals surface area contributed by atoms with Crippen molar-refractivity contribution in [3.63, 3.8) is 0 Å². The van der Waals surface area contributed by atoms with Crippen LogP contribution in [0, 0.1) is 5.88 Å². The fraction of sp³-hybridized carbons (Fsp3) is 0.500. The number of thiol groups is 1. The van der Waals surface area contributed by atoms with Crippen LogP contribution in [0.1, 0.15) is 0 Å². The lowest BCUT2D eigenvalue weighted by molar-refractivity contribution is 0.616. The molecule has 4 heteroatoms. The van der Waals surface area contributed by atoms with Gasteiger partial charge in [-0.25, -0.2) is 8.42 Å². The van der Waals surface area contributed by atoms with E-state index in [9.17, 15) is 8.42 Å². The van der Waals surface area contributed by atoms with E-state index < -0.39 is 10.7 Å². The van der Waals surface area contributed by atoms with Gasteiger partial charge in [-0.15, -0.1) is 0 Å². The number of rotatable bonds is 2. The Morgan fingerprint density at radius 2 is 2.17 bits per heavy atom. The van der Waals surface area contributed by atoms with Crippen molar-refractivity contribution in [1.29, 1.82) is 0 Å². The fourth-order valence-electron chi connectivity index (χ4n) is 0.105. The summed E-state index contributed by atoms with van der Waals surface area (Å²) in [5.74, 6) is 0.995. The third-order valence-corrected chi connectivity index (χ3v) is 0.704. The average Bonchev–Trinajstić information content (AvgIpc) is 1.35. The highest BCUT2D eigenvalue weighted by Gasteiger charge is 1.74. The molecule has 0 amide bonds. The van der Waals surface area contributed by atoms with E-state index in [0.29, 0.717) is 0 Å². The molecule has 0 saturated heterocycles. The zero-order valence-electron chi connectivity index (χ0n) is 3.34. The predicted molar refractivity (Wildman–Crippen MR) is 23.7 cm³/mol. The van der Waals surface area contributed by atoms with Crippen molar-refractivity contribution in [2.45, 2.75) is 0 Å². The first-order chi connectivity index (χ1) is 2.77. The molecule has 6 heavy (non-hydrogen) atoms. The van der Waals surface area contributed by atoms with Crippen LogP contribution in [0.25, 0.3) is 0 Å². The smallest absolute Gasteiger partial charge is 0.158 e. The molecule has 0 aromatic rings. The molecule has 0 spiro atoms. The molecule has 0 fully saturated rings. The van der Waals surface area contributed by atoms with Crippen LogP contribution in [0.2, 0.25) is 0 Å². The Morgan fingerprint density at radius 1 is 1.67 bits per heavy atom. The molecule has 0 saturated carbocycles. The van der Waals surface area contributed by atoms with Gasteiger partial charge in [0.25, 0.3) is 0 Å². The first kappa shape index (κ1) is 5.91. The second kappa shape index (κ2) is 3.11. The summed E-state index contributed by atoms with van der Waals surface area (Å²) in [6.45, 7) is 0. The van der Waals surface area contributed by atoms with Gasteiger partial charge in [-0.05, 0) is 7.05 Å². The van der Waals surface area contributed by atoms with Gasteiger partial charge in [0, 0.05) is 0 Å². The molecule has 0 aliphatic carbocycles. The summed E-state index contributed by atoms with van der Waals surface area (Å²) < 4.78 is 19.0. The number of hydrogen-bond donors (Lipinski definition) is 2. The van der Waals surface area contributed by atoms with Crippen molar-refractivity contribution < 1.29 is 8.42 Å². The summed E-state index contributed by atoms with van der Waals surface area (Å²) in [4.78, 5) is 0. The van der Waals surface area contributed by atoms with Gasteiger partial charge in [0.05, 0.1) is 0 Å². The Balaban J connectivity index is 3.07. The van der Waals surface area contributed by atoms with E-state index in [1.807, 2.05) is 0 Å². The summed E-state index contributed by atoms with van der Waals surface area (Å²) in [6.07, 6.45) is 0. The minimum atomic E-state index is -2.34. The molecule has 0 aromatic heterocycles. The fourth-order valence-corrected chi connectivity index (χ4v) is 0.316. The molecule has 0 aliphatic rings. The Labute approximate surface area is 38.3 Å². The standard InChI is InChI=1S/C2H6NO2S/c1-3-2-6(4)5/h2-3,6H,1H3. The van der Waals surface area contributed by atoms with Gasteiger partial charge in [0.1, 0.15) is 5.88 Å². The second-order valence-electron chi connectivity index (χ2n) is 0.703. The van der Waals surface area contributed by atoms with Crippen molar-refractivity contribution in [2.24, 2.45) is 0 Å². The molecule has 0 atom stereocenters. The van der Waals surface area contributed by atoms with E-state index in [1.165, 1.54) is 7.05 Å². The van der Waals surface area contributed by atoms with Gasteiger partial charge in [0.15, 0.2) is 10.7 Å². The molecule has 3 nitrogen and oxygen atoms in total. The molecular weight excluding hydrogens is 102 g/mol. The zero-order valence-corrected chi connectivity index (χ0v) is 4.24. The van der Waals surface area contributed by atoms with E-state index in [2.05, 4.69) is 5.32 Å². The highest BCUT2D eigenvalue weighted by atomic mass is 32.2. The molecule has 1 N–H and O–H groups in total. The van der Waals surface area contributed by atoms with Crippen LogP contribution < -0.4 is 5.32 Å². The molecule has 0 aliphatic heterocycles. The number of hydrogen-bond acceptors (Lipinski definition) is 3. The van der Waals surface area contributed by atoms with E-state index >= 15 is 0 Å². The highest BCUT2D eigenvalue weighted by Crippen LogP contribution is 1.59. The molecule has 0 heterocycles. The summed E-state index contributed by atoms with van der Waals surface area (Å²) in [5.41, 5.74) is 0. The van der Waals surface area contributed by atoms with E-state index in [-0.39, 0.29) is 0 Å². The predicted octanol–water partition coefficient (Wildman–Crippen LogP) is -1.06. The maximum absolute atomic E-state index is 9.52. The third kappa shape index (κ3) is 3.91. The lowest BCUT2D eigenvalue weighted by atomic mass is 11.3. The Bertz CT molecular complexity index is 79.5. The average molecular weight is 108 g/mol. The molecule has 0 rings (SSSR count). The van der Waals surface area contributed by atoms with Crippen LogP contribution in [0.5, 0.6) is 0 Å².